The van der Waals surface area contributed by atoms with Crippen molar-refractivity contribution in [1.29, 1.82) is 0 Å². The van der Waals surface area contributed by atoms with Crippen LogP contribution in [0, 0.1) is 10.1 Å². The first-order valence-electron chi connectivity index (χ1n) is 10.6. The third-order valence-corrected chi connectivity index (χ3v) is 5.44. The SMILES string of the molecule is COc1ccc2c(c1)c(OC(=O)c1cc(C(F)(F)F)ccc1C(F)(F)F)nn2Cc1cccc([N+](=O)[O-])c1. The molecule has 3 aromatic carbocycles. The van der Waals surface area contributed by atoms with Crippen molar-refractivity contribution in [2.45, 2.75) is 18.9 Å². The number of aromatic nitrogens is 2. The molecule has 0 aliphatic heterocycles. The molecule has 4 aromatic rings. The Bertz CT molecular complexity index is 1550. The number of nitrogens with zero attached hydrogens (tertiary/aromatic N) is 3. The molecule has 0 aliphatic carbocycles. The zero-order chi connectivity index (χ0) is 27.8. The Morgan fingerprint density at radius 3 is 2.37 bits per heavy atom. The van der Waals surface area contributed by atoms with Gasteiger partial charge < -0.3 is 9.47 Å². The predicted molar refractivity (Wildman–Crippen MR) is 120 cm³/mol. The summed E-state index contributed by atoms with van der Waals surface area (Å²) in [7, 11) is 1.33. The highest BCUT2D eigenvalue weighted by molar-refractivity contribution is 5.96. The second-order valence-electron chi connectivity index (χ2n) is 7.92. The van der Waals surface area contributed by atoms with Gasteiger partial charge >= 0.3 is 18.3 Å². The summed E-state index contributed by atoms with van der Waals surface area (Å²) in [5.41, 5.74) is -3.91. The lowest BCUT2D eigenvalue weighted by molar-refractivity contribution is -0.384. The highest BCUT2D eigenvalue weighted by atomic mass is 19.4. The quantitative estimate of drug-likeness (QED) is 0.124. The van der Waals surface area contributed by atoms with Gasteiger partial charge in [0.25, 0.3) is 5.69 Å². The van der Waals surface area contributed by atoms with Crippen molar-refractivity contribution in [3.63, 3.8) is 0 Å². The number of fused-ring (bicyclic) bond motifs is 1. The summed E-state index contributed by atoms with van der Waals surface area (Å²) in [6.45, 7) is -0.0700. The number of hydrogen-bond acceptors (Lipinski definition) is 6. The normalized spacial score (nSPS) is 12.0. The van der Waals surface area contributed by atoms with Gasteiger partial charge in [0.05, 0.1) is 46.2 Å². The number of esters is 1. The number of alkyl halides is 6. The summed E-state index contributed by atoms with van der Waals surface area (Å²) in [6.07, 6.45) is -10.2. The standard InChI is InChI=1S/C24H15F6N3O5/c1-37-16-6-8-20-18(11-16)21(31-32(20)12-13-3-2-4-15(9-13)33(35)36)38-22(34)17-10-14(23(25,26)27)5-7-19(17)24(28,29)30/h2-11H,12H2,1H3. The maximum atomic E-state index is 13.5. The zero-order valence-corrected chi connectivity index (χ0v) is 19.1. The molecule has 0 unspecified atom stereocenters. The van der Waals surface area contributed by atoms with Crippen molar-refractivity contribution >= 4 is 22.6 Å². The summed E-state index contributed by atoms with van der Waals surface area (Å²) in [5.74, 6) is -1.95. The fourth-order valence-corrected chi connectivity index (χ4v) is 3.67. The molecule has 0 N–H and O–H groups in total. The van der Waals surface area contributed by atoms with Crippen LogP contribution < -0.4 is 9.47 Å². The van der Waals surface area contributed by atoms with Crippen LogP contribution in [-0.4, -0.2) is 27.8 Å². The van der Waals surface area contributed by atoms with E-state index in [1.807, 2.05) is 0 Å². The number of non-ortho nitro benzene ring substituents is 1. The molecule has 0 saturated heterocycles. The molecule has 0 atom stereocenters. The summed E-state index contributed by atoms with van der Waals surface area (Å²) >= 11 is 0. The van der Waals surface area contributed by atoms with Crippen LogP contribution in [0.3, 0.4) is 0 Å². The summed E-state index contributed by atoms with van der Waals surface area (Å²) in [4.78, 5) is 23.3. The fraction of sp³-hybridized carbons (Fsp3) is 0.167. The number of halogens is 6. The van der Waals surface area contributed by atoms with Crippen LogP contribution in [0.5, 0.6) is 11.6 Å². The van der Waals surface area contributed by atoms with Crippen LogP contribution >= 0.6 is 0 Å². The Balaban J connectivity index is 1.78. The van der Waals surface area contributed by atoms with Crippen LogP contribution in [0.15, 0.2) is 60.7 Å². The average Bonchev–Trinajstić information content (AvgIpc) is 3.18. The third-order valence-electron chi connectivity index (χ3n) is 5.44. The molecule has 4 rings (SSSR count). The number of hydrogen-bond donors (Lipinski definition) is 0. The second-order valence-corrected chi connectivity index (χ2v) is 7.92. The lowest BCUT2D eigenvalue weighted by atomic mass is 10.0. The topological polar surface area (TPSA) is 96.5 Å². The molecule has 14 heteroatoms. The largest absolute Gasteiger partial charge is 0.497 e. The van der Waals surface area contributed by atoms with E-state index in [-0.39, 0.29) is 41.6 Å². The van der Waals surface area contributed by atoms with E-state index in [0.29, 0.717) is 11.1 Å². The Labute approximate surface area is 209 Å². The number of nitro benzene ring substituents is 1. The van der Waals surface area contributed by atoms with Crippen molar-refractivity contribution in [2.24, 2.45) is 0 Å². The minimum Gasteiger partial charge on any atom is -0.497 e. The second kappa shape index (κ2) is 9.68. The van der Waals surface area contributed by atoms with Crippen LogP contribution in [0.2, 0.25) is 0 Å². The predicted octanol–water partition coefficient (Wildman–Crippen LogP) is 6.26. The first-order valence-corrected chi connectivity index (χ1v) is 10.6. The number of methoxy groups -OCH3 is 1. The van der Waals surface area contributed by atoms with E-state index in [0.717, 1.165) is 0 Å². The molecule has 1 aromatic heterocycles. The zero-order valence-electron chi connectivity index (χ0n) is 19.1. The third kappa shape index (κ3) is 5.38. The number of carbonyl (C=O) groups excluding carboxylic acids is 1. The van der Waals surface area contributed by atoms with Gasteiger partial charge in [0.2, 0.25) is 5.88 Å². The number of rotatable bonds is 6. The van der Waals surface area contributed by atoms with Gasteiger partial charge in [0, 0.05) is 12.1 Å². The Hall–Kier alpha value is -4.62. The highest BCUT2D eigenvalue weighted by Gasteiger charge is 2.39. The molecule has 0 amide bonds. The number of benzene rings is 3. The molecule has 0 saturated carbocycles. The molecule has 0 spiro atoms. The molecule has 0 radical (unpaired) electrons. The van der Waals surface area contributed by atoms with Crippen molar-refractivity contribution < 1.29 is 45.5 Å². The lowest BCUT2D eigenvalue weighted by Gasteiger charge is -2.14. The van der Waals surface area contributed by atoms with Crippen molar-refractivity contribution in [2.75, 3.05) is 7.11 Å². The van der Waals surface area contributed by atoms with Gasteiger partial charge in [0.15, 0.2) is 0 Å². The van der Waals surface area contributed by atoms with Crippen LogP contribution in [0.4, 0.5) is 32.0 Å². The molecule has 8 nitrogen and oxygen atoms in total. The molecule has 0 bridgehead atoms. The van der Waals surface area contributed by atoms with Gasteiger partial charge in [-0.3, -0.25) is 14.8 Å². The number of carbonyl (C=O) groups is 1. The summed E-state index contributed by atoms with van der Waals surface area (Å²) < 4.78 is 91.4. The molecular weight excluding hydrogens is 524 g/mol. The van der Waals surface area contributed by atoms with E-state index in [1.165, 1.54) is 48.2 Å². The minimum absolute atomic E-state index is 0.0635. The highest BCUT2D eigenvalue weighted by Crippen LogP contribution is 2.37. The molecular formula is C24H15F6N3O5. The van der Waals surface area contributed by atoms with E-state index in [9.17, 15) is 41.3 Å². The van der Waals surface area contributed by atoms with Gasteiger partial charge in [-0.05, 0) is 42.0 Å². The first-order chi connectivity index (χ1) is 17.8. The number of ether oxygens (including phenoxy) is 2. The van der Waals surface area contributed by atoms with E-state index in [1.54, 1.807) is 6.07 Å². The molecule has 198 valence electrons. The molecule has 0 fully saturated rings. The van der Waals surface area contributed by atoms with Crippen molar-refractivity contribution in [1.82, 2.24) is 9.78 Å². The van der Waals surface area contributed by atoms with E-state index >= 15 is 0 Å². The lowest BCUT2D eigenvalue weighted by Crippen LogP contribution is -2.19. The number of nitro groups is 1. The van der Waals surface area contributed by atoms with Crippen molar-refractivity contribution in [3.05, 3.63) is 93.0 Å². The van der Waals surface area contributed by atoms with E-state index < -0.39 is 45.8 Å². The van der Waals surface area contributed by atoms with Crippen LogP contribution in [0.1, 0.15) is 27.0 Å². The van der Waals surface area contributed by atoms with Gasteiger partial charge in [-0.2, -0.15) is 26.3 Å². The summed E-state index contributed by atoms with van der Waals surface area (Å²) in [5, 5.41) is 15.3. The van der Waals surface area contributed by atoms with E-state index in [4.69, 9.17) is 9.47 Å². The minimum atomic E-state index is -5.15. The monoisotopic (exact) mass is 539 g/mol. The summed E-state index contributed by atoms with van der Waals surface area (Å²) in [6, 6.07) is 10.4. The Morgan fingerprint density at radius 2 is 1.74 bits per heavy atom. The molecule has 1 heterocycles. The fourth-order valence-electron chi connectivity index (χ4n) is 3.67. The Kier molecular flexibility index (Phi) is 6.74. The maximum absolute atomic E-state index is 13.5. The Morgan fingerprint density at radius 1 is 1.00 bits per heavy atom. The van der Waals surface area contributed by atoms with Gasteiger partial charge in [-0.25, -0.2) is 4.79 Å². The van der Waals surface area contributed by atoms with Crippen LogP contribution in [-0.2, 0) is 18.9 Å². The average molecular weight is 539 g/mol. The van der Waals surface area contributed by atoms with E-state index in [2.05, 4.69) is 5.10 Å². The van der Waals surface area contributed by atoms with Gasteiger partial charge in [0.1, 0.15) is 5.75 Å². The molecule has 38 heavy (non-hydrogen) atoms. The van der Waals surface area contributed by atoms with Gasteiger partial charge in [-0.1, -0.05) is 12.1 Å². The smallest absolute Gasteiger partial charge is 0.417 e. The first kappa shape index (κ1) is 26.4. The maximum Gasteiger partial charge on any atom is 0.417 e. The van der Waals surface area contributed by atoms with Gasteiger partial charge in [-0.15, -0.1) is 5.10 Å². The van der Waals surface area contributed by atoms with Crippen molar-refractivity contribution in [3.8, 4) is 11.6 Å². The van der Waals surface area contributed by atoms with Crippen LogP contribution in [0.25, 0.3) is 10.9 Å². The molecule has 0 aliphatic rings.